The van der Waals surface area contributed by atoms with Gasteiger partial charge in [-0.1, -0.05) is 26.0 Å². The largest absolute Gasteiger partial charge is 0.450 e. The number of ether oxygens (including phenoxy) is 1. The van der Waals surface area contributed by atoms with E-state index in [0.29, 0.717) is 31.2 Å². The van der Waals surface area contributed by atoms with Crippen LogP contribution in [0.5, 0.6) is 0 Å². The smallest absolute Gasteiger partial charge is 0.409 e. The first-order valence-corrected chi connectivity index (χ1v) is 8.81. The molecule has 1 aliphatic heterocycles. The maximum Gasteiger partial charge on any atom is 0.409 e. The highest BCUT2D eigenvalue weighted by Crippen LogP contribution is 2.14. The molecular formula is C19H28N2O3. The molecule has 1 fully saturated rings. The SMILES string of the molecule is CCOC(=O)N1CCC(NC(=O)c2ccc(CC(C)C)cc2)CC1. The summed E-state index contributed by atoms with van der Waals surface area (Å²) >= 11 is 0. The molecule has 0 atom stereocenters. The molecule has 1 aromatic rings. The van der Waals surface area contributed by atoms with Crippen LogP contribution in [0.4, 0.5) is 4.79 Å². The molecule has 0 saturated carbocycles. The first-order chi connectivity index (χ1) is 11.5. The molecule has 0 spiro atoms. The van der Waals surface area contributed by atoms with Gasteiger partial charge in [0.05, 0.1) is 6.61 Å². The number of hydrogen-bond acceptors (Lipinski definition) is 3. The maximum atomic E-state index is 12.3. The van der Waals surface area contributed by atoms with Gasteiger partial charge in [0.15, 0.2) is 0 Å². The lowest BCUT2D eigenvalue weighted by atomic mass is 10.0. The van der Waals surface area contributed by atoms with Gasteiger partial charge in [0.25, 0.3) is 5.91 Å². The summed E-state index contributed by atoms with van der Waals surface area (Å²) in [6.07, 6.45) is 2.28. The molecule has 0 aromatic heterocycles. The molecule has 0 bridgehead atoms. The van der Waals surface area contributed by atoms with Crippen molar-refractivity contribution in [3.05, 3.63) is 35.4 Å². The summed E-state index contributed by atoms with van der Waals surface area (Å²) in [5, 5.41) is 3.07. The predicted octanol–water partition coefficient (Wildman–Crippen LogP) is 3.24. The van der Waals surface area contributed by atoms with Crippen LogP contribution in [0.3, 0.4) is 0 Å². The molecule has 24 heavy (non-hydrogen) atoms. The van der Waals surface area contributed by atoms with E-state index in [9.17, 15) is 9.59 Å². The van der Waals surface area contributed by atoms with Gasteiger partial charge in [-0.2, -0.15) is 0 Å². The molecule has 1 heterocycles. The van der Waals surface area contributed by atoms with Crippen molar-refractivity contribution >= 4 is 12.0 Å². The zero-order valence-corrected chi connectivity index (χ0v) is 14.9. The van der Waals surface area contributed by atoms with E-state index in [-0.39, 0.29) is 18.0 Å². The quantitative estimate of drug-likeness (QED) is 0.900. The van der Waals surface area contributed by atoms with Gasteiger partial charge in [0.2, 0.25) is 0 Å². The highest BCUT2D eigenvalue weighted by molar-refractivity contribution is 5.94. The van der Waals surface area contributed by atoms with Crippen LogP contribution in [0.1, 0.15) is 49.5 Å². The average molecular weight is 332 g/mol. The molecule has 0 unspecified atom stereocenters. The fourth-order valence-corrected chi connectivity index (χ4v) is 2.95. The Morgan fingerprint density at radius 2 is 1.83 bits per heavy atom. The highest BCUT2D eigenvalue weighted by Gasteiger charge is 2.24. The number of nitrogens with one attached hydrogen (secondary N) is 1. The maximum absolute atomic E-state index is 12.3. The molecule has 2 rings (SSSR count). The van der Waals surface area contributed by atoms with E-state index in [1.165, 1.54) is 5.56 Å². The van der Waals surface area contributed by atoms with Gasteiger partial charge in [-0.15, -0.1) is 0 Å². The van der Waals surface area contributed by atoms with Crippen molar-refractivity contribution in [3.63, 3.8) is 0 Å². The lowest BCUT2D eigenvalue weighted by Crippen LogP contribution is -2.46. The lowest BCUT2D eigenvalue weighted by Gasteiger charge is -2.31. The van der Waals surface area contributed by atoms with Gasteiger partial charge in [-0.25, -0.2) is 4.79 Å². The molecule has 0 aliphatic carbocycles. The number of benzene rings is 1. The number of amides is 2. The van der Waals surface area contributed by atoms with Crippen LogP contribution >= 0.6 is 0 Å². The molecule has 132 valence electrons. The van der Waals surface area contributed by atoms with Crippen molar-refractivity contribution < 1.29 is 14.3 Å². The first kappa shape index (κ1) is 18.3. The molecule has 1 saturated heterocycles. The van der Waals surface area contributed by atoms with E-state index in [1.807, 2.05) is 24.3 Å². The summed E-state index contributed by atoms with van der Waals surface area (Å²) in [4.78, 5) is 25.7. The normalized spacial score (nSPS) is 15.4. The number of piperidine rings is 1. The van der Waals surface area contributed by atoms with Crippen molar-refractivity contribution in [1.29, 1.82) is 0 Å². The minimum Gasteiger partial charge on any atom is -0.450 e. The van der Waals surface area contributed by atoms with Crippen LogP contribution in [-0.4, -0.2) is 42.6 Å². The van der Waals surface area contributed by atoms with Crippen molar-refractivity contribution in [3.8, 4) is 0 Å². The van der Waals surface area contributed by atoms with Crippen molar-refractivity contribution in [2.45, 2.75) is 46.1 Å². The van der Waals surface area contributed by atoms with Crippen molar-refractivity contribution in [1.82, 2.24) is 10.2 Å². The van der Waals surface area contributed by atoms with E-state index >= 15 is 0 Å². The third-order valence-corrected chi connectivity index (χ3v) is 4.22. The molecule has 5 nitrogen and oxygen atoms in total. The number of likely N-dealkylation sites (tertiary alicyclic amines) is 1. The van der Waals surface area contributed by atoms with Crippen LogP contribution in [0.15, 0.2) is 24.3 Å². The number of carbonyl (C=O) groups is 2. The Kier molecular flexibility index (Phi) is 6.64. The van der Waals surface area contributed by atoms with E-state index in [2.05, 4.69) is 19.2 Å². The van der Waals surface area contributed by atoms with Crippen LogP contribution in [0.2, 0.25) is 0 Å². The molecule has 1 N–H and O–H groups in total. The second-order valence-electron chi connectivity index (χ2n) is 6.73. The zero-order valence-electron chi connectivity index (χ0n) is 14.9. The van der Waals surface area contributed by atoms with Crippen LogP contribution in [-0.2, 0) is 11.2 Å². The molecule has 1 aliphatic rings. The zero-order chi connectivity index (χ0) is 17.5. The first-order valence-electron chi connectivity index (χ1n) is 8.81. The Morgan fingerprint density at radius 1 is 1.21 bits per heavy atom. The Hall–Kier alpha value is -2.04. The topological polar surface area (TPSA) is 58.6 Å². The third kappa shape index (κ3) is 5.25. The van der Waals surface area contributed by atoms with Gasteiger partial charge in [0, 0.05) is 24.7 Å². The fraction of sp³-hybridized carbons (Fsp3) is 0.579. The second-order valence-corrected chi connectivity index (χ2v) is 6.73. The molecule has 1 aromatic carbocycles. The van der Waals surface area contributed by atoms with Gasteiger partial charge in [-0.3, -0.25) is 4.79 Å². The number of carbonyl (C=O) groups excluding carboxylic acids is 2. The minimum atomic E-state index is -0.261. The Morgan fingerprint density at radius 3 is 2.38 bits per heavy atom. The highest BCUT2D eigenvalue weighted by atomic mass is 16.6. The van der Waals surface area contributed by atoms with Gasteiger partial charge in [0.1, 0.15) is 0 Å². The molecule has 5 heteroatoms. The lowest BCUT2D eigenvalue weighted by molar-refractivity contribution is 0.0860. The van der Waals surface area contributed by atoms with E-state index in [1.54, 1.807) is 11.8 Å². The molecule has 0 radical (unpaired) electrons. The monoisotopic (exact) mass is 332 g/mol. The summed E-state index contributed by atoms with van der Waals surface area (Å²) in [5.74, 6) is 0.565. The van der Waals surface area contributed by atoms with E-state index in [4.69, 9.17) is 4.74 Å². The van der Waals surface area contributed by atoms with Crippen LogP contribution in [0.25, 0.3) is 0 Å². The average Bonchev–Trinajstić information content (AvgIpc) is 2.56. The standard InChI is InChI=1S/C19H28N2O3/c1-4-24-19(23)21-11-9-17(10-12-21)20-18(22)16-7-5-15(6-8-16)13-14(2)3/h5-8,14,17H,4,9-13H2,1-3H3,(H,20,22). The minimum absolute atomic E-state index is 0.0410. The van der Waals surface area contributed by atoms with E-state index < -0.39 is 0 Å². The van der Waals surface area contributed by atoms with Crippen molar-refractivity contribution in [2.24, 2.45) is 5.92 Å². The number of nitrogens with zero attached hydrogens (tertiary/aromatic N) is 1. The Labute approximate surface area is 144 Å². The summed E-state index contributed by atoms with van der Waals surface area (Å²) in [6, 6.07) is 7.94. The number of hydrogen-bond donors (Lipinski definition) is 1. The summed E-state index contributed by atoms with van der Waals surface area (Å²) in [5.41, 5.74) is 1.94. The Bertz CT molecular complexity index is 546. The summed E-state index contributed by atoms with van der Waals surface area (Å²) in [7, 11) is 0. The van der Waals surface area contributed by atoms with Gasteiger partial charge >= 0.3 is 6.09 Å². The van der Waals surface area contributed by atoms with Gasteiger partial charge < -0.3 is 15.0 Å². The van der Waals surface area contributed by atoms with Gasteiger partial charge in [-0.05, 0) is 49.8 Å². The van der Waals surface area contributed by atoms with E-state index in [0.717, 1.165) is 19.3 Å². The van der Waals surface area contributed by atoms with Crippen LogP contribution in [0, 0.1) is 5.92 Å². The Balaban J connectivity index is 1.82. The predicted molar refractivity (Wildman–Crippen MR) is 94.1 cm³/mol. The fourth-order valence-electron chi connectivity index (χ4n) is 2.95. The summed E-state index contributed by atoms with van der Waals surface area (Å²) < 4.78 is 5.01. The second kappa shape index (κ2) is 8.71. The van der Waals surface area contributed by atoms with Crippen LogP contribution < -0.4 is 5.32 Å². The molecule has 2 amide bonds. The third-order valence-electron chi connectivity index (χ3n) is 4.22. The number of rotatable bonds is 5. The van der Waals surface area contributed by atoms with Crippen molar-refractivity contribution in [2.75, 3.05) is 19.7 Å². The molecular weight excluding hydrogens is 304 g/mol. The summed E-state index contributed by atoms with van der Waals surface area (Å²) in [6.45, 7) is 7.81.